The number of nitrogens with zero attached hydrogens (tertiary/aromatic N) is 1. The fraction of sp³-hybridized carbons (Fsp3) is 0.364. The Balaban J connectivity index is 2.71. The molecule has 2 amide bonds. The Hall–Kier alpha value is -1.69. The largest absolute Gasteiger partial charge is 0.394 e. The molecule has 0 saturated heterocycles. The quantitative estimate of drug-likeness (QED) is 0.852. The van der Waals surface area contributed by atoms with Crippen LogP contribution in [0.3, 0.4) is 0 Å². The van der Waals surface area contributed by atoms with Crippen LogP contribution in [-0.4, -0.2) is 35.7 Å². The SMILES string of the molecule is CC(CO)N(C)C(=O)Nc1ccc(F)c(F)c1. The third-order valence-corrected chi connectivity index (χ3v) is 2.42. The molecule has 0 aliphatic heterocycles. The molecule has 1 aromatic carbocycles. The number of carbonyl (C=O) groups excluding carboxylic acids is 1. The average molecular weight is 244 g/mol. The van der Waals surface area contributed by atoms with Gasteiger partial charge in [-0.05, 0) is 19.1 Å². The van der Waals surface area contributed by atoms with Crippen molar-refractivity contribution in [1.82, 2.24) is 4.90 Å². The lowest BCUT2D eigenvalue weighted by molar-refractivity contribution is 0.166. The molecular formula is C11H14F2N2O2. The molecule has 1 atom stereocenters. The molecule has 1 rings (SSSR count). The second-order valence-corrected chi connectivity index (χ2v) is 3.70. The maximum Gasteiger partial charge on any atom is 0.321 e. The summed E-state index contributed by atoms with van der Waals surface area (Å²) in [7, 11) is 1.50. The molecule has 0 fully saturated rings. The van der Waals surface area contributed by atoms with E-state index in [2.05, 4.69) is 5.32 Å². The predicted molar refractivity (Wildman–Crippen MR) is 59.7 cm³/mol. The summed E-state index contributed by atoms with van der Waals surface area (Å²) in [6.45, 7) is 1.48. The number of hydrogen-bond acceptors (Lipinski definition) is 2. The number of halogens is 2. The second-order valence-electron chi connectivity index (χ2n) is 3.70. The number of aliphatic hydroxyl groups excluding tert-OH is 1. The van der Waals surface area contributed by atoms with Gasteiger partial charge in [0.2, 0.25) is 0 Å². The van der Waals surface area contributed by atoms with E-state index >= 15 is 0 Å². The highest BCUT2D eigenvalue weighted by atomic mass is 19.2. The van der Waals surface area contributed by atoms with E-state index in [1.165, 1.54) is 18.0 Å². The molecule has 0 radical (unpaired) electrons. The van der Waals surface area contributed by atoms with Gasteiger partial charge < -0.3 is 15.3 Å². The molecule has 6 heteroatoms. The van der Waals surface area contributed by atoms with Crippen LogP contribution in [-0.2, 0) is 0 Å². The summed E-state index contributed by atoms with van der Waals surface area (Å²) in [5, 5.41) is 11.3. The van der Waals surface area contributed by atoms with Crippen LogP contribution in [0.1, 0.15) is 6.92 Å². The van der Waals surface area contributed by atoms with E-state index < -0.39 is 17.7 Å². The summed E-state index contributed by atoms with van der Waals surface area (Å²) in [5.74, 6) is -2.00. The maximum absolute atomic E-state index is 12.9. The predicted octanol–water partition coefficient (Wildman–Crippen LogP) is 1.81. The fourth-order valence-electron chi connectivity index (χ4n) is 1.11. The van der Waals surface area contributed by atoms with Crippen molar-refractivity contribution in [2.75, 3.05) is 19.0 Å². The third kappa shape index (κ3) is 3.39. The van der Waals surface area contributed by atoms with Crippen molar-refractivity contribution in [1.29, 1.82) is 0 Å². The van der Waals surface area contributed by atoms with Gasteiger partial charge in [-0.3, -0.25) is 0 Å². The standard InChI is InChI=1S/C11H14F2N2O2/c1-7(6-16)15(2)11(17)14-8-3-4-9(12)10(13)5-8/h3-5,7,16H,6H2,1-2H3,(H,14,17). The molecule has 1 unspecified atom stereocenters. The van der Waals surface area contributed by atoms with Crippen LogP contribution in [0, 0.1) is 11.6 Å². The first kappa shape index (κ1) is 13.4. The third-order valence-electron chi connectivity index (χ3n) is 2.42. The number of rotatable bonds is 3. The van der Waals surface area contributed by atoms with Gasteiger partial charge in [0.15, 0.2) is 11.6 Å². The van der Waals surface area contributed by atoms with Crippen LogP contribution in [0.5, 0.6) is 0 Å². The number of hydrogen-bond donors (Lipinski definition) is 2. The lowest BCUT2D eigenvalue weighted by Crippen LogP contribution is -2.40. The number of anilines is 1. The van der Waals surface area contributed by atoms with E-state index in [1.54, 1.807) is 6.92 Å². The van der Waals surface area contributed by atoms with Crippen molar-refractivity contribution in [3.63, 3.8) is 0 Å². The van der Waals surface area contributed by atoms with Crippen molar-refractivity contribution in [2.45, 2.75) is 13.0 Å². The molecule has 0 aliphatic rings. The molecule has 17 heavy (non-hydrogen) atoms. The Morgan fingerprint density at radius 1 is 1.47 bits per heavy atom. The summed E-state index contributed by atoms with van der Waals surface area (Å²) < 4.78 is 25.5. The van der Waals surface area contributed by atoms with Crippen LogP contribution in [0.15, 0.2) is 18.2 Å². The topological polar surface area (TPSA) is 52.6 Å². The number of urea groups is 1. The normalized spacial score (nSPS) is 12.1. The monoisotopic (exact) mass is 244 g/mol. The molecular weight excluding hydrogens is 230 g/mol. The number of carbonyl (C=O) groups is 1. The minimum atomic E-state index is -1.03. The van der Waals surface area contributed by atoms with E-state index in [9.17, 15) is 13.6 Å². The van der Waals surface area contributed by atoms with Gasteiger partial charge in [-0.2, -0.15) is 0 Å². The highest BCUT2D eigenvalue weighted by molar-refractivity contribution is 5.89. The highest BCUT2D eigenvalue weighted by Crippen LogP contribution is 2.13. The van der Waals surface area contributed by atoms with E-state index in [1.807, 2.05) is 0 Å². The zero-order valence-electron chi connectivity index (χ0n) is 9.58. The Morgan fingerprint density at radius 3 is 2.65 bits per heavy atom. The van der Waals surface area contributed by atoms with Gasteiger partial charge in [0.25, 0.3) is 0 Å². The first-order valence-corrected chi connectivity index (χ1v) is 5.05. The molecule has 4 nitrogen and oxygen atoms in total. The van der Waals surface area contributed by atoms with Crippen molar-refractivity contribution < 1.29 is 18.7 Å². The maximum atomic E-state index is 12.9. The van der Waals surface area contributed by atoms with E-state index in [0.717, 1.165) is 12.1 Å². The molecule has 0 saturated carbocycles. The fourth-order valence-corrected chi connectivity index (χ4v) is 1.11. The Kier molecular flexibility index (Phi) is 4.39. The molecule has 1 aromatic rings. The lowest BCUT2D eigenvalue weighted by Gasteiger charge is -2.23. The van der Waals surface area contributed by atoms with Crippen molar-refractivity contribution in [3.8, 4) is 0 Å². The van der Waals surface area contributed by atoms with Gasteiger partial charge in [0, 0.05) is 18.8 Å². The van der Waals surface area contributed by atoms with E-state index in [4.69, 9.17) is 5.11 Å². The van der Waals surface area contributed by atoms with E-state index in [0.29, 0.717) is 0 Å². The van der Waals surface area contributed by atoms with Gasteiger partial charge in [-0.15, -0.1) is 0 Å². The first-order chi connectivity index (χ1) is 7.95. The molecule has 0 spiro atoms. The number of nitrogens with one attached hydrogen (secondary N) is 1. The second kappa shape index (κ2) is 5.58. The Morgan fingerprint density at radius 2 is 2.12 bits per heavy atom. The minimum Gasteiger partial charge on any atom is -0.394 e. The number of aliphatic hydroxyl groups is 1. The Labute approximate surface area is 97.9 Å². The molecule has 0 heterocycles. The lowest BCUT2D eigenvalue weighted by atomic mass is 10.3. The van der Waals surface area contributed by atoms with Crippen LogP contribution in [0.2, 0.25) is 0 Å². The molecule has 94 valence electrons. The summed E-state index contributed by atoms with van der Waals surface area (Å²) in [5.41, 5.74) is 0.158. The van der Waals surface area contributed by atoms with Crippen LogP contribution >= 0.6 is 0 Å². The summed E-state index contributed by atoms with van der Waals surface area (Å²) >= 11 is 0. The average Bonchev–Trinajstić information content (AvgIpc) is 2.31. The van der Waals surface area contributed by atoms with Gasteiger partial charge >= 0.3 is 6.03 Å². The zero-order chi connectivity index (χ0) is 13.0. The molecule has 2 N–H and O–H groups in total. The van der Waals surface area contributed by atoms with Gasteiger partial charge in [0.1, 0.15) is 0 Å². The van der Waals surface area contributed by atoms with Crippen LogP contribution in [0.4, 0.5) is 19.3 Å². The highest BCUT2D eigenvalue weighted by Gasteiger charge is 2.15. The van der Waals surface area contributed by atoms with Crippen molar-refractivity contribution >= 4 is 11.7 Å². The van der Waals surface area contributed by atoms with Crippen LogP contribution in [0.25, 0.3) is 0 Å². The molecule has 0 aliphatic carbocycles. The Bertz CT molecular complexity index is 412. The van der Waals surface area contributed by atoms with Crippen molar-refractivity contribution in [3.05, 3.63) is 29.8 Å². The number of likely N-dealkylation sites (N-methyl/N-ethyl adjacent to an activating group) is 1. The number of benzene rings is 1. The van der Waals surface area contributed by atoms with Gasteiger partial charge in [-0.25, -0.2) is 13.6 Å². The molecule has 0 aromatic heterocycles. The summed E-state index contributed by atoms with van der Waals surface area (Å²) in [4.78, 5) is 12.9. The van der Waals surface area contributed by atoms with E-state index in [-0.39, 0.29) is 18.3 Å². The van der Waals surface area contributed by atoms with Gasteiger partial charge in [-0.1, -0.05) is 0 Å². The number of amides is 2. The smallest absolute Gasteiger partial charge is 0.321 e. The van der Waals surface area contributed by atoms with Crippen molar-refractivity contribution in [2.24, 2.45) is 0 Å². The van der Waals surface area contributed by atoms with Gasteiger partial charge in [0.05, 0.1) is 12.6 Å². The molecule has 0 bridgehead atoms. The zero-order valence-corrected chi connectivity index (χ0v) is 9.58. The minimum absolute atomic E-state index is 0.158. The first-order valence-electron chi connectivity index (χ1n) is 5.05. The summed E-state index contributed by atoms with van der Waals surface area (Å²) in [6, 6.07) is 2.22. The van der Waals surface area contributed by atoms with Crippen LogP contribution < -0.4 is 5.32 Å². The summed E-state index contributed by atoms with van der Waals surface area (Å²) in [6.07, 6.45) is 0.